The highest BCUT2D eigenvalue weighted by Gasteiger charge is 2.46. The van der Waals surface area contributed by atoms with Crippen LogP contribution in [0.3, 0.4) is 0 Å². The molecule has 0 aromatic heterocycles. The van der Waals surface area contributed by atoms with Gasteiger partial charge in [0, 0.05) is 12.6 Å². The van der Waals surface area contributed by atoms with Crippen molar-refractivity contribution in [3.05, 3.63) is 29.8 Å². The Morgan fingerprint density at radius 1 is 1.26 bits per heavy atom. The number of urea groups is 1. The fourth-order valence-corrected chi connectivity index (χ4v) is 3.59. The summed E-state index contributed by atoms with van der Waals surface area (Å²) in [6.45, 7) is 1.43. The van der Waals surface area contributed by atoms with Crippen LogP contribution in [0.15, 0.2) is 18.2 Å². The van der Waals surface area contributed by atoms with Gasteiger partial charge in [0.2, 0.25) is 0 Å². The lowest BCUT2D eigenvalue weighted by Crippen LogP contribution is -2.50. The average molecular weight is 408 g/mol. The molecule has 27 heavy (non-hydrogen) atoms. The Kier molecular flexibility index (Phi) is 7.75. The number of nitrogens with one attached hydrogen (secondary N) is 2. The average Bonchev–Trinajstić information content (AvgIpc) is 3.23. The predicted molar refractivity (Wildman–Crippen MR) is 97.0 cm³/mol. The van der Waals surface area contributed by atoms with Crippen LogP contribution >= 0.6 is 12.4 Å². The molecule has 1 aromatic rings. The van der Waals surface area contributed by atoms with Crippen LogP contribution in [-0.2, 0) is 4.74 Å². The zero-order chi connectivity index (χ0) is 18.7. The van der Waals surface area contributed by atoms with Gasteiger partial charge in [-0.25, -0.2) is 13.6 Å². The number of likely N-dealkylation sites (tertiary alicyclic amines) is 1. The Balaban J connectivity index is 0.00000261. The van der Waals surface area contributed by atoms with E-state index < -0.39 is 36.0 Å². The van der Waals surface area contributed by atoms with Crippen LogP contribution in [0.5, 0.6) is 0 Å². The van der Waals surface area contributed by atoms with Crippen molar-refractivity contribution >= 4 is 24.1 Å². The number of nitrogens with zero attached hydrogens (tertiary/aromatic N) is 1. The van der Waals surface area contributed by atoms with Crippen molar-refractivity contribution in [1.29, 1.82) is 0 Å². The monoisotopic (exact) mass is 407 g/mol. The summed E-state index contributed by atoms with van der Waals surface area (Å²) in [5, 5.41) is 24.7. The van der Waals surface area contributed by atoms with Gasteiger partial charge in [0.15, 0.2) is 0 Å². The summed E-state index contributed by atoms with van der Waals surface area (Å²) in [6.07, 6.45) is 0.00574. The summed E-state index contributed by atoms with van der Waals surface area (Å²) in [6, 6.07) is 1.87. The summed E-state index contributed by atoms with van der Waals surface area (Å²) in [7, 11) is 0. The molecule has 2 heterocycles. The second-order valence-electron chi connectivity index (χ2n) is 6.58. The molecular formula is C17H24ClF2N3O4. The van der Waals surface area contributed by atoms with Crippen molar-refractivity contribution in [2.24, 2.45) is 0 Å². The zero-order valence-electron chi connectivity index (χ0n) is 14.6. The van der Waals surface area contributed by atoms with E-state index in [0.717, 1.165) is 38.1 Å². The van der Waals surface area contributed by atoms with E-state index in [2.05, 4.69) is 15.5 Å². The molecule has 152 valence electrons. The Labute approximate surface area is 162 Å². The molecule has 4 N–H and O–H groups in total. The normalized spacial score (nSPS) is 28.0. The van der Waals surface area contributed by atoms with Crippen LogP contribution in [0.25, 0.3) is 0 Å². The van der Waals surface area contributed by atoms with Crippen molar-refractivity contribution in [3.63, 3.8) is 0 Å². The molecule has 0 bridgehead atoms. The molecular weight excluding hydrogens is 384 g/mol. The summed E-state index contributed by atoms with van der Waals surface area (Å²) in [4.78, 5) is 14.1. The standard InChI is InChI=1S/C17H23F2N3O4.ClH/c18-10-3-4-12(11(19)7-10)21-17(25)20-8-13-15(22-5-1-2-6-22)16(24)14(9-23)26-13;/h3-4,7,13-16,23-24H,1-2,5-6,8-9H2,(H2,20,21,25);1H/t13-,14+,15+,16-;/m1./s1. The van der Waals surface area contributed by atoms with Crippen LogP contribution in [-0.4, -0.2) is 71.7 Å². The smallest absolute Gasteiger partial charge is 0.319 e. The summed E-state index contributed by atoms with van der Waals surface area (Å²) < 4.78 is 32.2. The zero-order valence-corrected chi connectivity index (χ0v) is 15.4. The number of halogens is 3. The highest BCUT2D eigenvalue weighted by Crippen LogP contribution is 2.28. The quantitative estimate of drug-likeness (QED) is 0.586. The molecule has 2 aliphatic heterocycles. The maximum Gasteiger partial charge on any atom is 0.319 e. The maximum atomic E-state index is 13.6. The molecule has 2 amide bonds. The van der Waals surface area contributed by atoms with Gasteiger partial charge in [-0.05, 0) is 38.1 Å². The molecule has 10 heteroatoms. The number of carbonyl (C=O) groups is 1. The summed E-state index contributed by atoms with van der Waals surface area (Å²) in [5.74, 6) is -1.60. The van der Waals surface area contributed by atoms with Crippen LogP contribution in [0.2, 0.25) is 0 Å². The Bertz CT molecular complexity index is 649. The van der Waals surface area contributed by atoms with Crippen molar-refractivity contribution in [2.75, 3.05) is 31.6 Å². The van der Waals surface area contributed by atoms with Gasteiger partial charge in [0.05, 0.1) is 24.4 Å². The number of rotatable bonds is 5. The van der Waals surface area contributed by atoms with Gasteiger partial charge in [-0.1, -0.05) is 0 Å². The molecule has 1 aromatic carbocycles. The van der Waals surface area contributed by atoms with Crippen molar-refractivity contribution < 1.29 is 28.5 Å². The number of hydrogen-bond acceptors (Lipinski definition) is 5. The lowest BCUT2D eigenvalue weighted by Gasteiger charge is -2.30. The number of amides is 2. The number of benzene rings is 1. The van der Waals surface area contributed by atoms with Crippen LogP contribution < -0.4 is 10.6 Å². The first kappa shape index (κ1) is 21.8. The lowest BCUT2D eigenvalue weighted by molar-refractivity contribution is -0.0205. The van der Waals surface area contributed by atoms with E-state index >= 15 is 0 Å². The first-order valence-corrected chi connectivity index (χ1v) is 8.68. The van der Waals surface area contributed by atoms with E-state index in [-0.39, 0.29) is 37.3 Å². The molecule has 4 atom stereocenters. The molecule has 0 saturated carbocycles. The van der Waals surface area contributed by atoms with Crippen LogP contribution in [0, 0.1) is 11.6 Å². The van der Waals surface area contributed by atoms with Gasteiger partial charge < -0.3 is 25.6 Å². The number of hydrogen-bond donors (Lipinski definition) is 4. The fraction of sp³-hybridized carbons (Fsp3) is 0.588. The number of aliphatic hydroxyl groups excluding tert-OH is 2. The van der Waals surface area contributed by atoms with Gasteiger partial charge in [0.25, 0.3) is 0 Å². The Morgan fingerprint density at radius 2 is 1.96 bits per heavy atom. The minimum Gasteiger partial charge on any atom is -0.394 e. The summed E-state index contributed by atoms with van der Waals surface area (Å²) in [5.41, 5.74) is -0.138. The maximum absolute atomic E-state index is 13.6. The third-order valence-corrected chi connectivity index (χ3v) is 4.85. The van der Waals surface area contributed by atoms with E-state index in [1.807, 2.05) is 0 Å². The molecule has 2 fully saturated rings. The number of ether oxygens (including phenoxy) is 1. The first-order chi connectivity index (χ1) is 12.5. The Hall–Kier alpha value is -1.52. The molecule has 7 nitrogen and oxygen atoms in total. The second-order valence-corrected chi connectivity index (χ2v) is 6.58. The van der Waals surface area contributed by atoms with E-state index in [1.54, 1.807) is 0 Å². The van der Waals surface area contributed by atoms with Crippen LogP contribution in [0.1, 0.15) is 12.8 Å². The van der Waals surface area contributed by atoms with Gasteiger partial charge in [-0.15, -0.1) is 12.4 Å². The molecule has 2 saturated heterocycles. The van der Waals surface area contributed by atoms with E-state index in [0.29, 0.717) is 6.07 Å². The summed E-state index contributed by atoms with van der Waals surface area (Å²) >= 11 is 0. The van der Waals surface area contributed by atoms with Gasteiger partial charge in [-0.3, -0.25) is 4.90 Å². The van der Waals surface area contributed by atoms with Crippen molar-refractivity contribution in [2.45, 2.75) is 37.2 Å². The van der Waals surface area contributed by atoms with E-state index in [9.17, 15) is 23.8 Å². The molecule has 0 aliphatic carbocycles. The van der Waals surface area contributed by atoms with E-state index in [1.165, 1.54) is 0 Å². The number of aliphatic hydroxyl groups is 2. The lowest BCUT2D eigenvalue weighted by atomic mass is 10.0. The highest BCUT2D eigenvalue weighted by atomic mass is 35.5. The third-order valence-electron chi connectivity index (χ3n) is 4.85. The molecule has 2 aliphatic rings. The van der Waals surface area contributed by atoms with Crippen molar-refractivity contribution in [1.82, 2.24) is 10.2 Å². The second kappa shape index (κ2) is 9.61. The van der Waals surface area contributed by atoms with Gasteiger partial charge in [-0.2, -0.15) is 0 Å². The third kappa shape index (κ3) is 5.05. The van der Waals surface area contributed by atoms with Crippen LogP contribution in [0.4, 0.5) is 19.3 Å². The Morgan fingerprint density at radius 3 is 2.59 bits per heavy atom. The molecule has 0 radical (unpaired) electrons. The van der Waals surface area contributed by atoms with E-state index in [4.69, 9.17) is 4.74 Å². The molecule has 3 rings (SSSR count). The topological polar surface area (TPSA) is 94.1 Å². The molecule has 0 spiro atoms. The molecule has 0 unspecified atom stereocenters. The number of anilines is 1. The highest BCUT2D eigenvalue weighted by molar-refractivity contribution is 5.89. The SMILES string of the molecule is Cl.O=C(NC[C@H]1O[C@@H](CO)[C@@H](O)[C@H]1N1CCCC1)Nc1ccc(F)cc1F. The fourth-order valence-electron chi connectivity index (χ4n) is 3.59. The minimum absolute atomic E-state index is 0. The first-order valence-electron chi connectivity index (χ1n) is 8.68. The van der Waals surface area contributed by atoms with Gasteiger partial charge in [0.1, 0.15) is 23.8 Å². The number of carbonyl (C=O) groups excluding carboxylic acids is 1. The van der Waals surface area contributed by atoms with Crippen molar-refractivity contribution in [3.8, 4) is 0 Å². The predicted octanol–water partition coefficient (Wildman–Crippen LogP) is 1.09. The van der Waals surface area contributed by atoms with Gasteiger partial charge >= 0.3 is 6.03 Å². The largest absolute Gasteiger partial charge is 0.394 e. The minimum atomic E-state index is -0.872.